The van der Waals surface area contributed by atoms with Gasteiger partial charge in [-0.3, -0.25) is 4.79 Å². The van der Waals surface area contributed by atoms with Crippen molar-refractivity contribution in [3.05, 3.63) is 82.9 Å². The van der Waals surface area contributed by atoms with E-state index >= 15 is 0 Å². The van der Waals surface area contributed by atoms with Gasteiger partial charge in [0.15, 0.2) is 11.4 Å². The third-order valence-electron chi connectivity index (χ3n) is 13.5. The Bertz CT molecular complexity index is 1550. The molecule has 4 fully saturated rings. The fourth-order valence-electron chi connectivity index (χ4n) is 11.5. The molecule has 1 aromatic rings. The molecule has 244 valence electrons. The number of hydrogen-bond donors (Lipinski definition) is 2. The van der Waals surface area contributed by atoms with E-state index in [1.165, 1.54) is 38.5 Å². The van der Waals surface area contributed by atoms with E-state index in [0.717, 1.165) is 56.1 Å². The van der Waals surface area contributed by atoms with Crippen LogP contribution in [0.4, 0.5) is 0 Å². The summed E-state index contributed by atoms with van der Waals surface area (Å²) in [5.74, 6) is 0.764. The SMILES string of the molecule is NCCCc1cccc2c1C(=O)OC21C(CCC2CCCCC2)C23C=CCCC21C(=C(O)CCC12C=CC=CC1CCC2)OC3=O. The van der Waals surface area contributed by atoms with Crippen LogP contribution in [-0.2, 0) is 26.3 Å². The zero-order valence-electron chi connectivity index (χ0n) is 27.1. The lowest BCUT2D eigenvalue weighted by Crippen LogP contribution is -2.75. The Morgan fingerprint density at radius 3 is 2.72 bits per heavy atom. The lowest BCUT2D eigenvalue weighted by atomic mass is 9.31. The molecule has 5 aliphatic carbocycles. The topological polar surface area (TPSA) is 98.9 Å². The van der Waals surface area contributed by atoms with Gasteiger partial charge >= 0.3 is 11.9 Å². The number of aliphatic hydroxyl groups excluding tert-OH is 1. The molecule has 0 bridgehead atoms. The summed E-state index contributed by atoms with van der Waals surface area (Å²) in [6.45, 7) is 0.544. The van der Waals surface area contributed by atoms with E-state index < -0.39 is 16.4 Å². The van der Waals surface area contributed by atoms with Crippen molar-refractivity contribution in [1.29, 1.82) is 0 Å². The molecular weight excluding hydrogens is 574 g/mol. The number of rotatable bonds is 9. The van der Waals surface area contributed by atoms with Gasteiger partial charge in [-0.1, -0.05) is 93.2 Å². The molecule has 2 heterocycles. The Morgan fingerprint density at radius 2 is 1.87 bits per heavy atom. The van der Waals surface area contributed by atoms with Crippen LogP contribution in [0.2, 0.25) is 0 Å². The number of carbonyl (C=O) groups excluding carboxylic acids is 2. The highest BCUT2D eigenvalue weighted by Crippen LogP contribution is 2.84. The van der Waals surface area contributed by atoms with Gasteiger partial charge in [0.25, 0.3) is 0 Å². The highest BCUT2D eigenvalue weighted by Gasteiger charge is 2.91. The summed E-state index contributed by atoms with van der Waals surface area (Å²) in [5.41, 5.74) is 5.42. The number of hydrogen-bond acceptors (Lipinski definition) is 6. The van der Waals surface area contributed by atoms with E-state index in [2.05, 4.69) is 42.5 Å². The first-order valence-corrected chi connectivity index (χ1v) is 18.2. The van der Waals surface area contributed by atoms with Crippen molar-refractivity contribution in [3.63, 3.8) is 0 Å². The Balaban J connectivity index is 1.25. The maximum Gasteiger partial charge on any atom is 0.339 e. The molecule has 6 nitrogen and oxygen atoms in total. The van der Waals surface area contributed by atoms with Crippen LogP contribution in [-0.4, -0.2) is 23.6 Å². The molecular formula is C40H49NO5. The summed E-state index contributed by atoms with van der Waals surface area (Å²) >= 11 is 0. The van der Waals surface area contributed by atoms with Gasteiger partial charge in [-0.25, -0.2) is 4.79 Å². The summed E-state index contributed by atoms with van der Waals surface area (Å²) in [4.78, 5) is 28.5. The van der Waals surface area contributed by atoms with E-state index in [4.69, 9.17) is 15.2 Å². The molecule has 2 aliphatic heterocycles. The number of fused-ring (bicyclic) bond motifs is 3. The third kappa shape index (κ3) is 3.91. The van der Waals surface area contributed by atoms with Crippen LogP contribution in [0.25, 0.3) is 0 Å². The third-order valence-corrected chi connectivity index (χ3v) is 13.5. The summed E-state index contributed by atoms with van der Waals surface area (Å²) < 4.78 is 13.1. The molecule has 6 unspecified atom stereocenters. The van der Waals surface area contributed by atoms with Crippen molar-refractivity contribution < 1.29 is 24.2 Å². The van der Waals surface area contributed by atoms with E-state index in [-0.39, 0.29) is 29.0 Å². The molecule has 0 aromatic heterocycles. The predicted octanol–water partition coefficient (Wildman–Crippen LogP) is 8.28. The van der Waals surface area contributed by atoms with Gasteiger partial charge in [0, 0.05) is 17.9 Å². The maximum absolute atomic E-state index is 14.4. The standard InChI is InChI=1S/C40H49NO5/c41-26-10-14-28-13-8-17-30-33(28)35(43)46-40(30)32(19-18-27-11-2-1-3-12-27)38-23-6-7-24-39(38,40)34(45-36(38)44)31(42)20-25-37-21-5-4-15-29(37)16-9-22-37/h4-6,8,13,15,17,21,23,27,29,32,42H,1-3,7,9-12,14,16,18-20,22,24-26,41H2. The molecule has 3 saturated carbocycles. The molecule has 1 saturated heterocycles. The summed E-state index contributed by atoms with van der Waals surface area (Å²) in [7, 11) is 0. The second-order valence-electron chi connectivity index (χ2n) is 15.3. The first kappa shape index (κ1) is 30.2. The quantitative estimate of drug-likeness (QED) is 0.163. The van der Waals surface area contributed by atoms with Crippen LogP contribution in [0.5, 0.6) is 0 Å². The zero-order chi connectivity index (χ0) is 31.6. The van der Waals surface area contributed by atoms with Gasteiger partial charge in [0.05, 0.1) is 11.0 Å². The zero-order valence-corrected chi connectivity index (χ0v) is 27.1. The Labute approximate surface area is 273 Å². The van der Waals surface area contributed by atoms with Gasteiger partial charge in [0.2, 0.25) is 0 Å². The summed E-state index contributed by atoms with van der Waals surface area (Å²) in [5, 5.41) is 12.1. The molecule has 1 spiro atoms. The Kier molecular flexibility index (Phi) is 7.39. The number of allylic oxidation sites excluding steroid dienone is 6. The molecule has 1 aromatic carbocycles. The largest absolute Gasteiger partial charge is 0.509 e. The number of benzene rings is 1. The highest BCUT2D eigenvalue weighted by atomic mass is 16.6. The molecule has 0 radical (unpaired) electrons. The van der Waals surface area contributed by atoms with Crippen molar-refractivity contribution in [2.75, 3.05) is 6.54 Å². The van der Waals surface area contributed by atoms with Crippen molar-refractivity contribution in [2.45, 2.75) is 108 Å². The van der Waals surface area contributed by atoms with Crippen LogP contribution >= 0.6 is 0 Å². The second kappa shape index (κ2) is 11.2. The average Bonchev–Trinajstić information content (AvgIpc) is 3.73. The number of nitrogens with two attached hydrogens (primary N) is 1. The van der Waals surface area contributed by atoms with Gasteiger partial charge in [-0.15, -0.1) is 0 Å². The van der Waals surface area contributed by atoms with Crippen LogP contribution in [0, 0.1) is 34.0 Å². The monoisotopic (exact) mass is 623 g/mol. The highest BCUT2D eigenvalue weighted by molar-refractivity contribution is 5.99. The number of esters is 2. The maximum atomic E-state index is 14.4. The van der Waals surface area contributed by atoms with Gasteiger partial charge in [0.1, 0.15) is 11.2 Å². The first-order valence-electron chi connectivity index (χ1n) is 18.2. The summed E-state index contributed by atoms with van der Waals surface area (Å²) in [6.07, 6.45) is 28.6. The molecule has 6 atom stereocenters. The number of aryl methyl sites for hydroxylation is 1. The number of ether oxygens (including phenoxy) is 2. The van der Waals surface area contributed by atoms with Gasteiger partial charge in [-0.05, 0) is 87.1 Å². The van der Waals surface area contributed by atoms with Crippen LogP contribution in [0.15, 0.2) is 66.2 Å². The van der Waals surface area contributed by atoms with Crippen molar-refractivity contribution in [1.82, 2.24) is 0 Å². The minimum absolute atomic E-state index is 0.0251. The minimum atomic E-state index is -1.06. The van der Waals surface area contributed by atoms with Crippen LogP contribution < -0.4 is 5.73 Å². The lowest BCUT2D eigenvalue weighted by molar-refractivity contribution is -0.272. The van der Waals surface area contributed by atoms with Crippen LogP contribution in [0.3, 0.4) is 0 Å². The van der Waals surface area contributed by atoms with E-state index in [9.17, 15) is 14.7 Å². The molecule has 3 N–H and O–H groups in total. The van der Waals surface area contributed by atoms with Crippen LogP contribution in [0.1, 0.15) is 118 Å². The molecule has 0 amide bonds. The lowest BCUT2D eigenvalue weighted by Gasteiger charge is -2.68. The first-order chi connectivity index (χ1) is 22.4. The fraction of sp³-hybridized carbons (Fsp3) is 0.600. The molecule has 8 rings (SSSR count). The fourth-order valence-corrected chi connectivity index (χ4v) is 11.5. The van der Waals surface area contributed by atoms with Crippen molar-refractivity contribution in [3.8, 4) is 0 Å². The smallest absolute Gasteiger partial charge is 0.339 e. The Hall–Kier alpha value is -3.12. The van der Waals surface area contributed by atoms with Crippen molar-refractivity contribution in [2.24, 2.45) is 39.7 Å². The molecule has 7 aliphatic rings. The molecule has 6 heteroatoms. The summed E-state index contributed by atoms with van der Waals surface area (Å²) in [6, 6.07) is 6.10. The van der Waals surface area contributed by atoms with E-state index in [0.29, 0.717) is 49.0 Å². The Morgan fingerprint density at radius 1 is 1.00 bits per heavy atom. The number of aliphatic hydroxyl groups is 1. The van der Waals surface area contributed by atoms with Gasteiger partial charge in [-0.2, -0.15) is 0 Å². The minimum Gasteiger partial charge on any atom is -0.509 e. The molecule has 46 heavy (non-hydrogen) atoms. The van der Waals surface area contributed by atoms with Crippen molar-refractivity contribution >= 4 is 11.9 Å². The van der Waals surface area contributed by atoms with E-state index in [1.54, 1.807) is 0 Å². The average molecular weight is 624 g/mol. The second-order valence-corrected chi connectivity index (χ2v) is 15.3. The number of carbonyl (C=O) groups is 2. The number of cyclic esters (lactones) is 1. The normalized spacial score (nSPS) is 38.2. The van der Waals surface area contributed by atoms with Gasteiger partial charge < -0.3 is 20.3 Å². The predicted molar refractivity (Wildman–Crippen MR) is 176 cm³/mol. The van der Waals surface area contributed by atoms with E-state index in [1.807, 2.05) is 12.1 Å².